The van der Waals surface area contributed by atoms with E-state index >= 15 is 0 Å². The predicted octanol–water partition coefficient (Wildman–Crippen LogP) is 4.22. The third-order valence-electron chi connectivity index (χ3n) is 6.08. The average molecular weight is 443 g/mol. The Morgan fingerprint density at radius 1 is 1.39 bits per heavy atom. The molecule has 0 bridgehead atoms. The Bertz CT molecular complexity index is 1110. The van der Waals surface area contributed by atoms with Crippen molar-refractivity contribution in [1.29, 1.82) is 0 Å². The molecule has 31 heavy (non-hydrogen) atoms. The molecule has 1 aliphatic heterocycles. The van der Waals surface area contributed by atoms with Gasteiger partial charge in [0.05, 0.1) is 5.71 Å². The third kappa shape index (κ3) is 3.96. The van der Waals surface area contributed by atoms with E-state index in [4.69, 9.17) is 22.4 Å². The number of fused-ring (bicyclic) bond motifs is 2. The Morgan fingerprint density at radius 3 is 2.84 bits per heavy atom. The Kier molecular flexibility index (Phi) is 5.37. The SMILES string of the molecule is Cc1c(C(=O)N2c3ccc(F)cc3CCC2C)oc2c1/C(=N\NC(N)=S)CC(C)(C)C2. The number of anilines is 1. The summed E-state index contributed by atoms with van der Waals surface area (Å²) in [5, 5.41) is 4.48. The van der Waals surface area contributed by atoms with Crippen LogP contribution in [0.2, 0.25) is 0 Å². The van der Waals surface area contributed by atoms with Gasteiger partial charge in [-0.05, 0) is 74.5 Å². The van der Waals surface area contributed by atoms with Gasteiger partial charge in [-0.3, -0.25) is 10.2 Å². The maximum Gasteiger partial charge on any atom is 0.294 e. The normalized spacial score (nSPS) is 20.9. The molecule has 2 aromatic rings. The number of nitrogens with zero attached hydrogens (tertiary/aromatic N) is 2. The Balaban J connectivity index is 1.78. The van der Waals surface area contributed by atoms with Gasteiger partial charge in [-0.1, -0.05) is 13.8 Å². The van der Waals surface area contributed by atoms with Gasteiger partial charge in [-0.15, -0.1) is 0 Å². The molecule has 1 unspecified atom stereocenters. The number of rotatable bonds is 2. The summed E-state index contributed by atoms with van der Waals surface area (Å²) in [7, 11) is 0. The molecule has 1 atom stereocenters. The highest BCUT2D eigenvalue weighted by Gasteiger charge is 2.38. The van der Waals surface area contributed by atoms with E-state index in [9.17, 15) is 9.18 Å². The summed E-state index contributed by atoms with van der Waals surface area (Å²) in [5.74, 6) is 0.532. The van der Waals surface area contributed by atoms with E-state index in [0.29, 0.717) is 18.6 Å². The van der Waals surface area contributed by atoms with E-state index in [-0.39, 0.29) is 28.3 Å². The molecule has 4 rings (SSSR count). The molecule has 0 saturated heterocycles. The highest BCUT2D eigenvalue weighted by molar-refractivity contribution is 7.80. The zero-order chi connectivity index (χ0) is 22.5. The summed E-state index contributed by atoms with van der Waals surface area (Å²) in [6.45, 7) is 8.14. The van der Waals surface area contributed by atoms with Crippen molar-refractivity contribution < 1.29 is 13.6 Å². The molecule has 3 N–H and O–H groups in total. The van der Waals surface area contributed by atoms with Crippen LogP contribution in [0, 0.1) is 18.2 Å². The molecule has 2 heterocycles. The molecule has 0 spiro atoms. The smallest absolute Gasteiger partial charge is 0.294 e. The maximum absolute atomic E-state index is 13.7. The second-order valence-corrected chi connectivity index (χ2v) is 9.68. The zero-order valence-corrected chi connectivity index (χ0v) is 19.0. The number of hydrazone groups is 1. The Morgan fingerprint density at radius 2 is 2.13 bits per heavy atom. The topological polar surface area (TPSA) is 83.9 Å². The highest BCUT2D eigenvalue weighted by Crippen LogP contribution is 2.40. The van der Waals surface area contributed by atoms with Gasteiger partial charge in [-0.25, -0.2) is 4.39 Å². The summed E-state index contributed by atoms with van der Waals surface area (Å²) < 4.78 is 19.9. The molecule has 164 valence electrons. The number of hydrogen-bond donors (Lipinski definition) is 2. The van der Waals surface area contributed by atoms with Crippen LogP contribution in [0.1, 0.15) is 66.6 Å². The van der Waals surface area contributed by atoms with Crippen LogP contribution in [0.3, 0.4) is 0 Å². The molecule has 2 aliphatic rings. The van der Waals surface area contributed by atoms with E-state index in [0.717, 1.165) is 46.7 Å². The molecule has 0 fully saturated rings. The number of carbonyl (C=O) groups excluding carboxylic acids is 1. The van der Waals surface area contributed by atoms with Gasteiger partial charge in [0.1, 0.15) is 11.6 Å². The fourth-order valence-electron chi connectivity index (χ4n) is 4.68. The fourth-order valence-corrected chi connectivity index (χ4v) is 4.72. The maximum atomic E-state index is 13.7. The van der Waals surface area contributed by atoms with Crippen molar-refractivity contribution in [3.05, 3.63) is 52.2 Å². The molecule has 6 nitrogen and oxygen atoms in total. The molecule has 0 radical (unpaired) electrons. The van der Waals surface area contributed by atoms with Crippen molar-refractivity contribution in [3.8, 4) is 0 Å². The van der Waals surface area contributed by atoms with Crippen molar-refractivity contribution in [2.24, 2.45) is 16.3 Å². The number of amides is 1. The number of thiocarbonyl (C=S) groups is 1. The van der Waals surface area contributed by atoms with Crippen molar-refractivity contribution in [3.63, 3.8) is 0 Å². The van der Waals surface area contributed by atoms with Gasteiger partial charge in [0.15, 0.2) is 10.9 Å². The number of benzene rings is 1. The molecule has 1 aliphatic carbocycles. The lowest BCUT2D eigenvalue weighted by Gasteiger charge is -2.34. The minimum atomic E-state index is -0.293. The first-order valence-electron chi connectivity index (χ1n) is 10.4. The lowest BCUT2D eigenvalue weighted by Crippen LogP contribution is -2.42. The first kappa shape index (κ1) is 21.5. The van der Waals surface area contributed by atoms with Crippen LogP contribution in [0.4, 0.5) is 10.1 Å². The second kappa shape index (κ2) is 7.75. The first-order chi connectivity index (χ1) is 14.6. The lowest BCUT2D eigenvalue weighted by molar-refractivity contribution is 0.0944. The number of nitrogens with one attached hydrogen (secondary N) is 1. The van der Waals surface area contributed by atoms with Crippen molar-refractivity contribution in [2.75, 3.05) is 4.90 Å². The summed E-state index contributed by atoms with van der Waals surface area (Å²) in [6.07, 6.45) is 2.90. The monoisotopic (exact) mass is 442 g/mol. The van der Waals surface area contributed by atoms with Gasteiger partial charge >= 0.3 is 0 Å². The average Bonchev–Trinajstić information content (AvgIpc) is 3.00. The van der Waals surface area contributed by atoms with E-state index in [1.165, 1.54) is 12.1 Å². The third-order valence-corrected chi connectivity index (χ3v) is 6.17. The molecular weight excluding hydrogens is 415 g/mol. The lowest BCUT2D eigenvalue weighted by atomic mass is 9.75. The van der Waals surface area contributed by atoms with Gasteiger partial charge in [-0.2, -0.15) is 5.10 Å². The predicted molar refractivity (Wildman–Crippen MR) is 123 cm³/mol. The quantitative estimate of drug-likeness (QED) is 0.537. The van der Waals surface area contributed by atoms with Crippen molar-refractivity contribution >= 4 is 34.6 Å². The molecule has 1 aromatic heterocycles. The Labute approximate surface area is 186 Å². The summed E-state index contributed by atoms with van der Waals surface area (Å²) in [4.78, 5) is 15.4. The van der Waals surface area contributed by atoms with Crippen molar-refractivity contribution in [1.82, 2.24) is 5.43 Å². The number of hydrogen-bond acceptors (Lipinski definition) is 4. The number of carbonyl (C=O) groups is 1. The standard InChI is InChI=1S/C23H27FN4O2S/c1-12-5-6-14-9-15(24)7-8-17(14)28(12)21(29)20-13(2)19-16(26-27-22(25)31)10-23(3,4)11-18(19)30-20/h7-9,12H,5-6,10-11H2,1-4H3,(H3,25,27,31)/b26-16-. The van der Waals surface area contributed by atoms with E-state index in [1.54, 1.807) is 11.0 Å². The van der Waals surface area contributed by atoms with Gasteiger partial charge in [0.2, 0.25) is 0 Å². The van der Waals surface area contributed by atoms with Crippen LogP contribution < -0.4 is 16.1 Å². The van der Waals surface area contributed by atoms with Gasteiger partial charge in [0.25, 0.3) is 5.91 Å². The highest BCUT2D eigenvalue weighted by atomic mass is 32.1. The summed E-state index contributed by atoms with van der Waals surface area (Å²) >= 11 is 4.89. The largest absolute Gasteiger partial charge is 0.455 e. The zero-order valence-electron chi connectivity index (χ0n) is 18.2. The summed E-state index contributed by atoms with van der Waals surface area (Å²) in [5.41, 5.74) is 12.1. The summed E-state index contributed by atoms with van der Waals surface area (Å²) in [6, 6.07) is 4.56. The van der Waals surface area contributed by atoms with E-state index in [1.807, 2.05) is 13.8 Å². The first-order valence-corrected chi connectivity index (χ1v) is 10.8. The number of nitrogens with two attached hydrogens (primary N) is 1. The van der Waals surface area contributed by atoms with Crippen LogP contribution in [0.5, 0.6) is 0 Å². The second-order valence-electron chi connectivity index (χ2n) is 9.24. The van der Waals surface area contributed by atoms with E-state index < -0.39 is 0 Å². The van der Waals surface area contributed by atoms with Crippen LogP contribution in [0.15, 0.2) is 27.7 Å². The van der Waals surface area contributed by atoms with Gasteiger partial charge < -0.3 is 15.1 Å². The van der Waals surface area contributed by atoms with Crippen LogP contribution in [-0.4, -0.2) is 22.8 Å². The molecule has 0 saturated carbocycles. The van der Waals surface area contributed by atoms with Crippen molar-refractivity contribution in [2.45, 2.75) is 59.4 Å². The molecular formula is C23H27FN4O2S. The molecule has 1 amide bonds. The van der Waals surface area contributed by atoms with Crippen LogP contribution in [0.25, 0.3) is 0 Å². The van der Waals surface area contributed by atoms with Crippen LogP contribution >= 0.6 is 12.2 Å². The van der Waals surface area contributed by atoms with Gasteiger partial charge in [0, 0.05) is 29.3 Å². The minimum absolute atomic E-state index is 0.0205. The van der Waals surface area contributed by atoms with Crippen LogP contribution in [-0.2, 0) is 12.8 Å². The Hall–Kier alpha value is -2.74. The van der Waals surface area contributed by atoms with E-state index in [2.05, 4.69) is 24.4 Å². The molecule has 8 heteroatoms. The minimum Gasteiger partial charge on any atom is -0.455 e. The number of halogens is 1. The molecule has 1 aromatic carbocycles. The number of furan rings is 1. The number of aryl methyl sites for hydroxylation is 1. The fraction of sp³-hybridized carbons (Fsp3) is 0.435.